The fourth-order valence-electron chi connectivity index (χ4n) is 3.26. The van der Waals surface area contributed by atoms with Crippen LogP contribution in [0.2, 0.25) is 0 Å². The van der Waals surface area contributed by atoms with Gasteiger partial charge < -0.3 is 9.47 Å². The maximum absolute atomic E-state index is 12.5. The summed E-state index contributed by atoms with van der Waals surface area (Å²) in [7, 11) is 0. The number of nitrogens with zero attached hydrogens (tertiary/aromatic N) is 3. The number of ether oxygens (including phenoxy) is 2. The van der Waals surface area contributed by atoms with Crippen molar-refractivity contribution in [3.63, 3.8) is 0 Å². The molecule has 21 heavy (non-hydrogen) atoms. The van der Waals surface area contributed by atoms with Crippen molar-refractivity contribution in [2.45, 2.75) is 51.3 Å². The second kappa shape index (κ2) is 6.15. The molecule has 3 heterocycles. The van der Waals surface area contributed by atoms with E-state index >= 15 is 0 Å². The van der Waals surface area contributed by atoms with E-state index in [9.17, 15) is 4.79 Å². The van der Waals surface area contributed by atoms with Crippen LogP contribution in [-0.2, 0) is 14.3 Å². The largest absolute Gasteiger partial charge is 0.376 e. The standard InChI is InChI=1S/C15H23N3O3/c1-11-8-12(2)18-14(5-6-16-18)17(11)15(19)10-20-9-13-4-3-7-21-13/h5-6,11-13H,3-4,7-10H2,1-2H3/t11-,12+,13+/m1/s1. The Morgan fingerprint density at radius 1 is 1.48 bits per heavy atom. The number of hydrogen-bond donors (Lipinski definition) is 0. The van der Waals surface area contributed by atoms with Gasteiger partial charge in [0.05, 0.1) is 24.9 Å². The summed E-state index contributed by atoms with van der Waals surface area (Å²) in [5, 5.41) is 4.31. The van der Waals surface area contributed by atoms with Crippen LogP contribution < -0.4 is 4.90 Å². The Morgan fingerprint density at radius 3 is 3.10 bits per heavy atom. The van der Waals surface area contributed by atoms with Crippen molar-refractivity contribution >= 4 is 11.7 Å². The van der Waals surface area contributed by atoms with Gasteiger partial charge in [-0.3, -0.25) is 9.69 Å². The summed E-state index contributed by atoms with van der Waals surface area (Å²) < 4.78 is 13.0. The first kappa shape index (κ1) is 14.5. The van der Waals surface area contributed by atoms with E-state index in [0.29, 0.717) is 12.6 Å². The molecule has 2 aliphatic rings. The minimum Gasteiger partial charge on any atom is -0.376 e. The lowest BCUT2D eigenvalue weighted by Crippen LogP contribution is -2.46. The molecule has 3 atom stereocenters. The molecule has 1 amide bonds. The number of rotatable bonds is 4. The maximum Gasteiger partial charge on any atom is 0.254 e. The molecule has 0 saturated carbocycles. The Morgan fingerprint density at radius 2 is 2.33 bits per heavy atom. The zero-order valence-electron chi connectivity index (χ0n) is 12.7. The Balaban J connectivity index is 1.60. The van der Waals surface area contributed by atoms with Crippen LogP contribution in [0.1, 0.15) is 39.2 Å². The molecular weight excluding hydrogens is 270 g/mol. The number of fused-ring (bicyclic) bond motifs is 1. The van der Waals surface area contributed by atoms with Crippen molar-refractivity contribution in [2.24, 2.45) is 0 Å². The molecule has 0 aromatic carbocycles. The average molecular weight is 293 g/mol. The van der Waals surface area contributed by atoms with E-state index in [2.05, 4.69) is 18.9 Å². The third-order valence-corrected chi connectivity index (χ3v) is 4.26. The predicted octanol–water partition coefficient (Wildman–Crippen LogP) is 1.76. The van der Waals surface area contributed by atoms with Crippen LogP contribution in [0, 0.1) is 0 Å². The molecule has 1 aromatic heterocycles. The van der Waals surface area contributed by atoms with E-state index < -0.39 is 0 Å². The van der Waals surface area contributed by atoms with Gasteiger partial charge in [-0.05, 0) is 33.1 Å². The lowest BCUT2D eigenvalue weighted by atomic mass is 10.1. The van der Waals surface area contributed by atoms with Gasteiger partial charge in [0.15, 0.2) is 0 Å². The minimum absolute atomic E-state index is 0.00542. The number of anilines is 1. The summed E-state index contributed by atoms with van der Waals surface area (Å²) in [5.41, 5.74) is 0. The summed E-state index contributed by atoms with van der Waals surface area (Å²) in [6.07, 6.45) is 4.92. The van der Waals surface area contributed by atoms with E-state index in [1.807, 2.05) is 15.6 Å². The smallest absolute Gasteiger partial charge is 0.254 e. The highest BCUT2D eigenvalue weighted by Gasteiger charge is 2.32. The van der Waals surface area contributed by atoms with Gasteiger partial charge in [-0.1, -0.05) is 0 Å². The van der Waals surface area contributed by atoms with Crippen LogP contribution in [0.15, 0.2) is 12.3 Å². The van der Waals surface area contributed by atoms with Crippen LogP contribution in [0.3, 0.4) is 0 Å². The highest BCUT2D eigenvalue weighted by molar-refractivity contribution is 5.94. The molecule has 3 rings (SSSR count). The first-order chi connectivity index (χ1) is 10.2. The maximum atomic E-state index is 12.5. The van der Waals surface area contributed by atoms with Crippen molar-refractivity contribution in [3.05, 3.63) is 12.3 Å². The Bertz CT molecular complexity index is 496. The van der Waals surface area contributed by atoms with Gasteiger partial charge >= 0.3 is 0 Å². The number of carbonyl (C=O) groups excluding carboxylic acids is 1. The van der Waals surface area contributed by atoms with E-state index in [4.69, 9.17) is 9.47 Å². The van der Waals surface area contributed by atoms with E-state index in [1.165, 1.54) is 0 Å². The quantitative estimate of drug-likeness (QED) is 0.849. The van der Waals surface area contributed by atoms with Gasteiger partial charge in [0.2, 0.25) is 0 Å². The van der Waals surface area contributed by atoms with Gasteiger partial charge in [0.25, 0.3) is 5.91 Å². The summed E-state index contributed by atoms with van der Waals surface area (Å²) in [4.78, 5) is 14.3. The van der Waals surface area contributed by atoms with Crippen LogP contribution in [0.25, 0.3) is 0 Å². The number of amides is 1. The van der Waals surface area contributed by atoms with Gasteiger partial charge in [-0.25, -0.2) is 4.68 Å². The highest BCUT2D eigenvalue weighted by atomic mass is 16.5. The monoisotopic (exact) mass is 293 g/mol. The molecule has 0 spiro atoms. The van der Waals surface area contributed by atoms with Gasteiger partial charge in [-0.15, -0.1) is 0 Å². The summed E-state index contributed by atoms with van der Waals surface area (Å²) in [6, 6.07) is 2.38. The van der Waals surface area contributed by atoms with Crippen LogP contribution in [0.4, 0.5) is 5.82 Å². The SMILES string of the molecule is C[C@@H]1C[C@H](C)n2nccc2N1C(=O)COC[C@@H]1CCCO1. The number of hydrogen-bond acceptors (Lipinski definition) is 4. The summed E-state index contributed by atoms with van der Waals surface area (Å²) in [6.45, 7) is 5.61. The molecule has 1 aromatic rings. The molecule has 0 N–H and O–H groups in total. The Kier molecular flexibility index (Phi) is 4.26. The first-order valence-corrected chi connectivity index (χ1v) is 7.71. The molecule has 6 nitrogen and oxygen atoms in total. The highest BCUT2D eigenvalue weighted by Crippen LogP contribution is 2.31. The zero-order chi connectivity index (χ0) is 14.8. The third kappa shape index (κ3) is 2.96. The number of aromatic nitrogens is 2. The molecule has 1 fully saturated rings. The Labute approximate surface area is 125 Å². The fraction of sp³-hybridized carbons (Fsp3) is 0.733. The molecule has 0 unspecified atom stereocenters. The molecule has 116 valence electrons. The van der Waals surface area contributed by atoms with Crippen LogP contribution in [-0.4, -0.2) is 47.7 Å². The molecule has 0 bridgehead atoms. The predicted molar refractivity (Wildman–Crippen MR) is 78.3 cm³/mol. The van der Waals surface area contributed by atoms with Crippen LogP contribution in [0.5, 0.6) is 0 Å². The lowest BCUT2D eigenvalue weighted by molar-refractivity contribution is -0.125. The first-order valence-electron chi connectivity index (χ1n) is 7.71. The van der Waals surface area contributed by atoms with E-state index in [-0.39, 0.29) is 24.7 Å². The summed E-state index contributed by atoms with van der Waals surface area (Å²) in [5.74, 6) is 0.862. The van der Waals surface area contributed by atoms with Crippen molar-refractivity contribution < 1.29 is 14.3 Å². The molecular formula is C15H23N3O3. The van der Waals surface area contributed by atoms with Crippen molar-refractivity contribution in [3.8, 4) is 0 Å². The zero-order valence-corrected chi connectivity index (χ0v) is 12.7. The Hall–Kier alpha value is -1.40. The van der Waals surface area contributed by atoms with Gasteiger partial charge in [0, 0.05) is 18.7 Å². The van der Waals surface area contributed by atoms with Crippen molar-refractivity contribution in [1.29, 1.82) is 0 Å². The molecule has 0 aliphatic carbocycles. The lowest BCUT2D eigenvalue weighted by Gasteiger charge is -2.36. The van der Waals surface area contributed by atoms with Gasteiger partial charge in [-0.2, -0.15) is 5.10 Å². The molecule has 1 saturated heterocycles. The normalized spacial score (nSPS) is 28.7. The number of carbonyl (C=O) groups is 1. The summed E-state index contributed by atoms with van der Waals surface area (Å²) >= 11 is 0. The second-order valence-corrected chi connectivity index (χ2v) is 5.98. The topological polar surface area (TPSA) is 56.6 Å². The van der Waals surface area contributed by atoms with Crippen LogP contribution >= 0.6 is 0 Å². The van der Waals surface area contributed by atoms with Crippen molar-refractivity contribution in [2.75, 3.05) is 24.7 Å². The molecule has 2 aliphatic heterocycles. The van der Waals surface area contributed by atoms with E-state index in [0.717, 1.165) is 31.7 Å². The minimum atomic E-state index is -0.00542. The van der Waals surface area contributed by atoms with E-state index in [1.54, 1.807) is 6.20 Å². The molecule has 0 radical (unpaired) electrons. The average Bonchev–Trinajstić information content (AvgIpc) is 3.09. The fourth-order valence-corrected chi connectivity index (χ4v) is 3.26. The molecule has 6 heteroatoms. The second-order valence-electron chi connectivity index (χ2n) is 5.98. The third-order valence-electron chi connectivity index (χ3n) is 4.26. The van der Waals surface area contributed by atoms with Crippen molar-refractivity contribution in [1.82, 2.24) is 9.78 Å². The van der Waals surface area contributed by atoms with Gasteiger partial charge in [0.1, 0.15) is 12.4 Å².